The molecular weight excluding hydrogens is 339 g/mol. The number of hydrogen-bond donors (Lipinski definition) is 1. The summed E-state index contributed by atoms with van der Waals surface area (Å²) in [6, 6.07) is 23.6. The maximum atomic E-state index is 13.4. The SMILES string of the molecule is Cc1cc(C)c(C(O)C(=O)P(c2ccccc2)c2ccccc2)c(C)c1. The standard InChI is InChI=1S/C23H23O2P/c1-16-14-17(2)21(18(3)15-16)22(24)23(25)26(19-10-6-4-7-11-19)20-12-8-5-9-13-20/h4-15,22,24H,1-3H3. The average Bonchev–Trinajstić information content (AvgIpc) is 2.62. The normalized spacial score (nSPS) is 12.2. The van der Waals surface area contributed by atoms with Gasteiger partial charge in [0.25, 0.3) is 0 Å². The van der Waals surface area contributed by atoms with Crippen LogP contribution in [0.2, 0.25) is 0 Å². The number of aryl methyl sites for hydroxylation is 3. The van der Waals surface area contributed by atoms with Crippen molar-refractivity contribution in [2.24, 2.45) is 0 Å². The molecule has 2 nitrogen and oxygen atoms in total. The van der Waals surface area contributed by atoms with Gasteiger partial charge >= 0.3 is 0 Å². The maximum Gasteiger partial charge on any atom is 0.196 e. The van der Waals surface area contributed by atoms with Crippen LogP contribution in [0.4, 0.5) is 0 Å². The van der Waals surface area contributed by atoms with Crippen LogP contribution in [0.1, 0.15) is 28.4 Å². The van der Waals surface area contributed by atoms with E-state index in [1.807, 2.05) is 93.6 Å². The van der Waals surface area contributed by atoms with Crippen molar-refractivity contribution in [2.45, 2.75) is 26.9 Å². The topological polar surface area (TPSA) is 37.3 Å². The maximum absolute atomic E-state index is 13.4. The van der Waals surface area contributed by atoms with Crippen LogP contribution >= 0.6 is 7.92 Å². The van der Waals surface area contributed by atoms with E-state index >= 15 is 0 Å². The Morgan fingerprint density at radius 2 is 1.23 bits per heavy atom. The molecular formula is C23H23O2P. The predicted molar refractivity (Wildman–Crippen MR) is 110 cm³/mol. The van der Waals surface area contributed by atoms with Crippen LogP contribution in [0.5, 0.6) is 0 Å². The van der Waals surface area contributed by atoms with E-state index in [1.54, 1.807) is 0 Å². The fraction of sp³-hybridized carbons (Fsp3) is 0.174. The third-order valence-electron chi connectivity index (χ3n) is 4.49. The quantitative estimate of drug-likeness (QED) is 0.687. The van der Waals surface area contributed by atoms with Crippen molar-refractivity contribution in [3.05, 3.63) is 95.1 Å². The zero-order valence-corrected chi connectivity index (χ0v) is 16.2. The number of aliphatic hydroxyl groups is 1. The summed E-state index contributed by atoms with van der Waals surface area (Å²) in [6.45, 7) is 5.94. The van der Waals surface area contributed by atoms with Crippen LogP contribution in [0, 0.1) is 20.8 Å². The lowest BCUT2D eigenvalue weighted by atomic mass is 9.96. The number of carbonyl (C=O) groups is 1. The van der Waals surface area contributed by atoms with Crippen molar-refractivity contribution in [3.8, 4) is 0 Å². The van der Waals surface area contributed by atoms with E-state index in [0.29, 0.717) is 0 Å². The van der Waals surface area contributed by atoms with Gasteiger partial charge in [0.05, 0.1) is 0 Å². The van der Waals surface area contributed by atoms with Crippen LogP contribution in [-0.2, 0) is 4.79 Å². The summed E-state index contributed by atoms with van der Waals surface area (Å²) in [5.41, 5.74) is 3.66. The first-order valence-electron chi connectivity index (χ1n) is 8.69. The second-order valence-corrected chi connectivity index (χ2v) is 8.70. The Kier molecular flexibility index (Phi) is 5.66. The van der Waals surface area contributed by atoms with Gasteiger partial charge in [-0.3, -0.25) is 4.79 Å². The van der Waals surface area contributed by atoms with Crippen molar-refractivity contribution < 1.29 is 9.90 Å². The Morgan fingerprint density at radius 3 is 1.65 bits per heavy atom. The molecule has 3 aromatic rings. The summed E-state index contributed by atoms with van der Waals surface area (Å²) in [7, 11) is -1.30. The third-order valence-corrected chi connectivity index (χ3v) is 6.81. The Labute approximate surface area is 156 Å². The molecule has 0 radical (unpaired) electrons. The highest BCUT2D eigenvalue weighted by molar-refractivity contribution is 7.87. The van der Waals surface area contributed by atoms with Gasteiger partial charge in [-0.2, -0.15) is 0 Å². The molecule has 0 aliphatic carbocycles. The van der Waals surface area contributed by atoms with Gasteiger partial charge < -0.3 is 5.11 Å². The minimum atomic E-state index is -1.30. The van der Waals surface area contributed by atoms with Gasteiger partial charge in [0, 0.05) is 7.92 Å². The molecule has 0 fully saturated rings. The largest absolute Gasteiger partial charge is 0.380 e. The second kappa shape index (κ2) is 7.95. The van der Waals surface area contributed by atoms with Gasteiger partial charge in [0.1, 0.15) is 6.10 Å². The van der Waals surface area contributed by atoms with Crippen molar-refractivity contribution in [1.82, 2.24) is 0 Å². The molecule has 0 aliphatic heterocycles. The first kappa shape index (κ1) is 18.5. The lowest BCUT2D eigenvalue weighted by Crippen LogP contribution is -2.23. The first-order chi connectivity index (χ1) is 12.5. The molecule has 132 valence electrons. The second-order valence-electron chi connectivity index (χ2n) is 6.56. The number of benzene rings is 3. The molecule has 0 aliphatic rings. The van der Waals surface area contributed by atoms with Gasteiger partial charge in [-0.05, 0) is 48.1 Å². The molecule has 0 bridgehead atoms. The predicted octanol–water partition coefficient (Wildman–Crippen LogP) is 4.30. The average molecular weight is 362 g/mol. The van der Waals surface area contributed by atoms with Crippen molar-refractivity contribution in [2.75, 3.05) is 0 Å². The molecule has 1 unspecified atom stereocenters. The molecule has 0 saturated heterocycles. The Hall–Kier alpha value is -2.28. The molecule has 0 saturated carbocycles. The summed E-state index contributed by atoms with van der Waals surface area (Å²) in [5.74, 6) is 0. The minimum absolute atomic E-state index is 0.132. The van der Waals surface area contributed by atoms with E-state index in [9.17, 15) is 9.90 Å². The molecule has 26 heavy (non-hydrogen) atoms. The smallest absolute Gasteiger partial charge is 0.196 e. The van der Waals surface area contributed by atoms with E-state index in [2.05, 4.69) is 0 Å². The molecule has 1 atom stereocenters. The first-order valence-corrected chi connectivity index (χ1v) is 10.0. The molecule has 1 N–H and O–H groups in total. The van der Waals surface area contributed by atoms with Gasteiger partial charge in [0.15, 0.2) is 5.52 Å². The van der Waals surface area contributed by atoms with Crippen LogP contribution < -0.4 is 10.6 Å². The fourth-order valence-electron chi connectivity index (χ4n) is 3.43. The van der Waals surface area contributed by atoms with Crippen LogP contribution in [0.3, 0.4) is 0 Å². The van der Waals surface area contributed by atoms with Gasteiger partial charge in [0.2, 0.25) is 0 Å². The lowest BCUT2D eigenvalue weighted by molar-refractivity contribution is -0.119. The van der Waals surface area contributed by atoms with E-state index in [1.165, 1.54) is 0 Å². The number of rotatable bonds is 5. The number of carbonyl (C=O) groups excluding carboxylic acids is 1. The van der Waals surface area contributed by atoms with E-state index < -0.39 is 14.0 Å². The zero-order valence-electron chi connectivity index (χ0n) is 15.3. The number of hydrogen-bond acceptors (Lipinski definition) is 2. The molecule has 3 aromatic carbocycles. The minimum Gasteiger partial charge on any atom is -0.380 e. The highest BCUT2D eigenvalue weighted by atomic mass is 31.1. The molecule has 0 amide bonds. The van der Waals surface area contributed by atoms with Crippen LogP contribution in [0.25, 0.3) is 0 Å². The van der Waals surface area contributed by atoms with Gasteiger partial charge in [-0.25, -0.2) is 0 Å². The van der Waals surface area contributed by atoms with Gasteiger partial charge in [-0.1, -0.05) is 78.4 Å². The van der Waals surface area contributed by atoms with E-state index in [0.717, 1.165) is 32.9 Å². The summed E-state index contributed by atoms with van der Waals surface area (Å²) >= 11 is 0. The van der Waals surface area contributed by atoms with E-state index in [4.69, 9.17) is 0 Å². The Bertz CT molecular complexity index is 842. The third kappa shape index (κ3) is 3.77. The Balaban J connectivity index is 2.06. The van der Waals surface area contributed by atoms with Crippen LogP contribution in [-0.4, -0.2) is 10.6 Å². The number of aliphatic hydroxyl groups excluding tert-OH is 1. The summed E-state index contributed by atoms with van der Waals surface area (Å²) in [4.78, 5) is 13.4. The van der Waals surface area contributed by atoms with Crippen molar-refractivity contribution in [3.63, 3.8) is 0 Å². The summed E-state index contributed by atoms with van der Waals surface area (Å²) in [5, 5.41) is 12.9. The van der Waals surface area contributed by atoms with Gasteiger partial charge in [-0.15, -0.1) is 0 Å². The van der Waals surface area contributed by atoms with Crippen molar-refractivity contribution >= 4 is 24.1 Å². The molecule has 3 heteroatoms. The zero-order chi connectivity index (χ0) is 18.7. The molecule has 3 rings (SSSR count). The Morgan fingerprint density at radius 1 is 0.808 bits per heavy atom. The molecule has 0 aromatic heterocycles. The highest BCUT2D eigenvalue weighted by Gasteiger charge is 2.30. The molecule has 0 heterocycles. The highest BCUT2D eigenvalue weighted by Crippen LogP contribution is 2.41. The van der Waals surface area contributed by atoms with E-state index in [-0.39, 0.29) is 5.52 Å². The summed E-state index contributed by atoms with van der Waals surface area (Å²) < 4.78 is 0. The lowest BCUT2D eigenvalue weighted by Gasteiger charge is -2.23. The monoisotopic (exact) mass is 362 g/mol. The van der Waals surface area contributed by atoms with Crippen molar-refractivity contribution in [1.29, 1.82) is 0 Å². The summed E-state index contributed by atoms with van der Waals surface area (Å²) in [6.07, 6.45) is -1.12. The van der Waals surface area contributed by atoms with Crippen LogP contribution in [0.15, 0.2) is 72.8 Å². The fourth-order valence-corrected chi connectivity index (χ4v) is 5.55. The molecule has 0 spiro atoms.